The van der Waals surface area contributed by atoms with Crippen molar-refractivity contribution in [3.63, 3.8) is 0 Å². The Labute approximate surface area is 350 Å². The van der Waals surface area contributed by atoms with E-state index in [2.05, 4.69) is 157 Å². The molecule has 2 aliphatic rings. The van der Waals surface area contributed by atoms with Gasteiger partial charge in [-0.15, -0.1) is 13.2 Å². The molecule has 2 aromatic carbocycles. The predicted molar refractivity (Wildman–Crippen MR) is 266 cm³/mol. The summed E-state index contributed by atoms with van der Waals surface area (Å²) in [5.41, 5.74) is 10.5. The van der Waals surface area contributed by atoms with Gasteiger partial charge in [0.2, 0.25) is 0 Å². The Hall–Kier alpha value is -2.86. The molecule has 0 heterocycles. The molecule has 0 N–H and O–H groups in total. The lowest BCUT2D eigenvalue weighted by Crippen LogP contribution is -2.14. The molecule has 4 rings (SSSR count). The first-order chi connectivity index (χ1) is 26.2. The van der Waals surface area contributed by atoms with Crippen molar-refractivity contribution >= 4 is 11.6 Å². The maximum absolute atomic E-state index is 3.99. The smallest absolute Gasteiger partial charge is 0.0122 e. The number of rotatable bonds is 10. The molecule has 2 aromatic rings. The number of aryl methyl sites for hydroxylation is 1. The zero-order chi connectivity index (χ0) is 44.6. The molecule has 0 nitrogen and oxygen atoms in total. The Kier molecular flexibility index (Phi) is 51.1. The van der Waals surface area contributed by atoms with E-state index in [1.165, 1.54) is 96.8 Å². The van der Waals surface area contributed by atoms with Gasteiger partial charge in [0.25, 0.3) is 0 Å². The van der Waals surface area contributed by atoms with Gasteiger partial charge in [0.05, 0.1) is 0 Å². The topological polar surface area (TPSA) is 0 Å². The van der Waals surface area contributed by atoms with Crippen molar-refractivity contribution in [2.45, 2.75) is 196 Å². The third-order valence-electron chi connectivity index (χ3n) is 9.16. The largest absolute Gasteiger partial charge is 0.106 e. The fraction of sp³-hybridized carbons (Fsp3) is 0.600. The molecule has 0 unspecified atom stereocenters. The molecule has 2 fully saturated rings. The van der Waals surface area contributed by atoms with Crippen molar-refractivity contribution in [3.8, 4) is 11.1 Å². The van der Waals surface area contributed by atoms with E-state index in [0.717, 1.165) is 23.3 Å². The zero-order valence-electron chi connectivity index (χ0n) is 41.3. The number of hydrogen-bond donors (Lipinski definition) is 0. The highest BCUT2D eigenvalue weighted by Crippen LogP contribution is 2.48. The van der Waals surface area contributed by atoms with Crippen molar-refractivity contribution in [2.75, 3.05) is 0 Å². The van der Waals surface area contributed by atoms with Crippen molar-refractivity contribution in [2.24, 2.45) is 23.2 Å². The van der Waals surface area contributed by atoms with Gasteiger partial charge in [-0.2, -0.15) is 0 Å². The molecule has 0 heteroatoms. The highest BCUT2D eigenvalue weighted by Gasteiger charge is 2.37. The molecule has 2 saturated carbocycles. The summed E-state index contributed by atoms with van der Waals surface area (Å²) in [4.78, 5) is 0. The number of benzene rings is 2. The van der Waals surface area contributed by atoms with Crippen LogP contribution in [-0.2, 0) is 0 Å². The summed E-state index contributed by atoms with van der Waals surface area (Å²) < 4.78 is 0. The van der Waals surface area contributed by atoms with Crippen molar-refractivity contribution < 1.29 is 0 Å². The molecule has 55 heavy (non-hydrogen) atoms. The fourth-order valence-corrected chi connectivity index (χ4v) is 4.96. The second kappa shape index (κ2) is 43.9. The van der Waals surface area contributed by atoms with Gasteiger partial charge in [-0.25, -0.2) is 0 Å². The average molecular weight is 761 g/mol. The van der Waals surface area contributed by atoms with E-state index in [1.807, 2.05) is 69.2 Å². The first kappa shape index (κ1) is 64.1. The van der Waals surface area contributed by atoms with Crippen LogP contribution in [0.2, 0.25) is 0 Å². The molecule has 0 saturated heterocycles. The molecule has 0 aliphatic heterocycles. The van der Waals surface area contributed by atoms with Crippen LogP contribution < -0.4 is 0 Å². The normalized spacial score (nSPS) is 11.7. The molecule has 0 aromatic heterocycles. The van der Waals surface area contributed by atoms with Gasteiger partial charge in [-0.1, -0.05) is 221 Å². The summed E-state index contributed by atoms with van der Waals surface area (Å²) in [6.45, 7) is 59.9. The van der Waals surface area contributed by atoms with Gasteiger partial charge in [-0.3, -0.25) is 0 Å². The standard InChI is InChI=1S/C19H20.C9H16.C8H18.C6H10.C3H8.4C2H6.C2H4/c1-5-6-18-13-19(8-7-15(18)4)17-11-9-16(10-12-17)14(2)3;1-7(2)9(3,4)8-5-6-8;1-4-7-8(5-2)6-3;1-5(2)6-3-4-6;1-3-2;5*1-2/h5-13H,2H2,1,3-4H3;8H,1,5-6H2,2-4H3;8H,4-7H2,1-3H3;6H,1,3-4H2,2H3;3H2,1-2H3;4*1-2H3;1-2H2/b6-5-;;;;;;;;;. The first-order valence-electron chi connectivity index (χ1n) is 22.5. The summed E-state index contributed by atoms with van der Waals surface area (Å²) in [5, 5.41) is 0. The minimum atomic E-state index is 0.417. The summed E-state index contributed by atoms with van der Waals surface area (Å²) in [6, 6.07) is 15.2. The Morgan fingerprint density at radius 3 is 1.36 bits per heavy atom. The highest BCUT2D eigenvalue weighted by atomic mass is 14.4. The Bertz CT molecular complexity index is 1160. The first-order valence-corrected chi connectivity index (χ1v) is 22.5. The minimum Gasteiger partial charge on any atom is -0.106 e. The predicted octanol–water partition coefficient (Wildman–Crippen LogP) is 20.2. The summed E-state index contributed by atoms with van der Waals surface area (Å²) in [6.07, 6.45) is 16.6. The van der Waals surface area contributed by atoms with Crippen LogP contribution in [0.1, 0.15) is 206 Å². The number of allylic oxidation sites excluding steroid dienone is 4. The number of hydrogen-bond acceptors (Lipinski definition) is 0. The highest BCUT2D eigenvalue weighted by molar-refractivity contribution is 5.71. The van der Waals surface area contributed by atoms with Crippen LogP contribution >= 0.6 is 0 Å². The van der Waals surface area contributed by atoms with Crippen LogP contribution in [0.3, 0.4) is 0 Å². The van der Waals surface area contributed by atoms with Gasteiger partial charge < -0.3 is 0 Å². The van der Waals surface area contributed by atoms with Gasteiger partial charge in [0, 0.05) is 0 Å². The van der Waals surface area contributed by atoms with Crippen molar-refractivity contribution in [3.05, 3.63) is 109 Å². The molecular formula is C55H100. The monoisotopic (exact) mass is 761 g/mol. The lowest BCUT2D eigenvalue weighted by Gasteiger charge is -2.24. The molecule has 0 bridgehead atoms. The maximum atomic E-state index is 3.99. The average Bonchev–Trinajstić information content (AvgIpc) is 4.14. The lowest BCUT2D eigenvalue weighted by molar-refractivity contribution is 0.383. The molecule has 0 amide bonds. The van der Waals surface area contributed by atoms with Gasteiger partial charge in [-0.05, 0) is 117 Å². The van der Waals surface area contributed by atoms with E-state index in [0.29, 0.717) is 5.41 Å². The Balaban J connectivity index is -0.000000142. The second-order valence-electron chi connectivity index (χ2n) is 14.0. The quantitative estimate of drug-likeness (QED) is 0.212. The van der Waals surface area contributed by atoms with Crippen LogP contribution in [-0.4, -0.2) is 0 Å². The summed E-state index contributed by atoms with van der Waals surface area (Å²) >= 11 is 0. The van der Waals surface area contributed by atoms with E-state index < -0.39 is 0 Å². The Morgan fingerprint density at radius 2 is 1.13 bits per heavy atom. The third kappa shape index (κ3) is 34.1. The van der Waals surface area contributed by atoms with Crippen LogP contribution in [0.25, 0.3) is 22.8 Å². The molecule has 2 aliphatic carbocycles. The SMILES string of the molecule is C=C.C=C(C)C(C)(C)C1CC1.C=C(C)C1CC1.C=C(C)c1ccc(-c2ccc(C)c(/C=C\C)c2)cc1.CC.CC.CC.CC.CCC.CCCC(CC)CC. The minimum absolute atomic E-state index is 0.417. The zero-order valence-corrected chi connectivity index (χ0v) is 41.3. The summed E-state index contributed by atoms with van der Waals surface area (Å²) in [7, 11) is 0. The second-order valence-corrected chi connectivity index (χ2v) is 14.0. The maximum Gasteiger partial charge on any atom is -0.0122 e. The van der Waals surface area contributed by atoms with E-state index in [9.17, 15) is 0 Å². The van der Waals surface area contributed by atoms with Crippen LogP contribution in [0.4, 0.5) is 0 Å². The third-order valence-corrected chi connectivity index (χ3v) is 9.16. The van der Waals surface area contributed by atoms with Crippen molar-refractivity contribution in [1.82, 2.24) is 0 Å². The summed E-state index contributed by atoms with van der Waals surface area (Å²) in [5.74, 6) is 2.85. The van der Waals surface area contributed by atoms with E-state index in [1.54, 1.807) is 0 Å². The molecule has 0 radical (unpaired) electrons. The fourth-order valence-electron chi connectivity index (χ4n) is 4.96. The lowest BCUT2D eigenvalue weighted by atomic mass is 9.81. The molecule has 0 spiro atoms. The van der Waals surface area contributed by atoms with Gasteiger partial charge in [0.15, 0.2) is 0 Å². The molecule has 0 atom stereocenters. The molecular weight excluding hydrogens is 661 g/mol. The van der Waals surface area contributed by atoms with Crippen molar-refractivity contribution in [1.29, 1.82) is 0 Å². The van der Waals surface area contributed by atoms with Gasteiger partial charge in [0.1, 0.15) is 0 Å². The van der Waals surface area contributed by atoms with Gasteiger partial charge >= 0.3 is 0 Å². The van der Waals surface area contributed by atoms with E-state index >= 15 is 0 Å². The van der Waals surface area contributed by atoms with Crippen LogP contribution in [0, 0.1) is 30.1 Å². The van der Waals surface area contributed by atoms with E-state index in [-0.39, 0.29) is 0 Å². The Morgan fingerprint density at radius 1 is 0.709 bits per heavy atom. The van der Waals surface area contributed by atoms with Crippen LogP contribution in [0.15, 0.2) is 92.6 Å². The molecule has 320 valence electrons. The van der Waals surface area contributed by atoms with E-state index in [4.69, 9.17) is 0 Å². The van der Waals surface area contributed by atoms with Crippen LogP contribution in [0.5, 0.6) is 0 Å².